The molecule has 0 spiro atoms. The summed E-state index contributed by atoms with van der Waals surface area (Å²) in [5.74, 6) is -0.466. The van der Waals surface area contributed by atoms with E-state index >= 15 is 0 Å². The number of hydrazine groups is 1. The Kier molecular flexibility index (Phi) is 4.39. The van der Waals surface area contributed by atoms with Crippen LogP contribution in [0.1, 0.15) is 23.2 Å². The molecular weight excluding hydrogens is 268 g/mol. The van der Waals surface area contributed by atoms with Gasteiger partial charge < -0.3 is 15.0 Å². The molecule has 0 aliphatic carbocycles. The molecule has 5 nitrogen and oxygen atoms in total. The Balaban J connectivity index is 2.24. The second-order valence-electron chi connectivity index (χ2n) is 4.33. The van der Waals surface area contributed by atoms with E-state index in [1.165, 1.54) is 7.11 Å². The van der Waals surface area contributed by atoms with Gasteiger partial charge in [0.25, 0.3) is 0 Å². The smallest absolute Gasteiger partial charge is 0.340 e. The van der Waals surface area contributed by atoms with E-state index in [9.17, 15) is 9.59 Å². The van der Waals surface area contributed by atoms with E-state index < -0.39 is 5.97 Å². The number of rotatable bonds is 4. The molecule has 1 atom stereocenters. The fourth-order valence-corrected chi connectivity index (χ4v) is 2.29. The van der Waals surface area contributed by atoms with Gasteiger partial charge in [0.1, 0.15) is 6.29 Å². The third-order valence-corrected chi connectivity index (χ3v) is 3.34. The molecule has 0 unspecified atom stereocenters. The average Bonchev–Trinajstić information content (AvgIpc) is 2.87. The fraction of sp³-hybridized carbons (Fsp3) is 0.385. The SMILES string of the molecule is COC(=O)c1cc(Cl)ccc1NN1CCC[C@@H]1C=O. The van der Waals surface area contributed by atoms with Gasteiger partial charge in [-0.25, -0.2) is 9.80 Å². The summed E-state index contributed by atoms with van der Waals surface area (Å²) in [6, 6.07) is 4.76. The van der Waals surface area contributed by atoms with Gasteiger partial charge in [-0.05, 0) is 31.0 Å². The fourth-order valence-electron chi connectivity index (χ4n) is 2.12. The lowest BCUT2D eigenvalue weighted by molar-refractivity contribution is -0.111. The molecule has 0 aromatic heterocycles. The van der Waals surface area contributed by atoms with Crippen LogP contribution in [0.15, 0.2) is 18.2 Å². The standard InChI is InChI=1S/C13H15ClN2O3/c1-19-13(18)11-7-9(14)4-5-12(11)15-16-6-2-3-10(16)8-17/h4-5,7-8,10,15H,2-3,6H2,1H3/t10-/m1/s1. The maximum Gasteiger partial charge on any atom is 0.340 e. The highest BCUT2D eigenvalue weighted by molar-refractivity contribution is 6.31. The lowest BCUT2D eigenvalue weighted by atomic mass is 10.2. The molecule has 1 heterocycles. The summed E-state index contributed by atoms with van der Waals surface area (Å²) < 4.78 is 4.72. The van der Waals surface area contributed by atoms with Gasteiger partial charge in [-0.3, -0.25) is 0 Å². The molecule has 0 bridgehead atoms. The third kappa shape index (κ3) is 3.05. The molecule has 0 radical (unpaired) electrons. The van der Waals surface area contributed by atoms with Crippen LogP contribution in [-0.2, 0) is 9.53 Å². The quantitative estimate of drug-likeness (QED) is 0.677. The number of carbonyl (C=O) groups excluding carboxylic acids is 2. The molecule has 1 N–H and O–H groups in total. The van der Waals surface area contributed by atoms with Crippen LogP contribution in [0.25, 0.3) is 0 Å². The van der Waals surface area contributed by atoms with Gasteiger partial charge in [0.05, 0.1) is 24.4 Å². The topological polar surface area (TPSA) is 58.6 Å². The number of nitrogens with zero attached hydrogens (tertiary/aromatic N) is 1. The van der Waals surface area contributed by atoms with Gasteiger partial charge >= 0.3 is 5.97 Å². The number of anilines is 1. The summed E-state index contributed by atoms with van der Waals surface area (Å²) in [6.45, 7) is 0.757. The first-order valence-corrected chi connectivity index (χ1v) is 6.40. The van der Waals surface area contributed by atoms with Crippen LogP contribution in [0.4, 0.5) is 5.69 Å². The van der Waals surface area contributed by atoms with Crippen molar-refractivity contribution in [1.29, 1.82) is 0 Å². The summed E-state index contributed by atoms with van der Waals surface area (Å²) in [6.07, 6.45) is 2.67. The molecule has 1 aliphatic rings. The van der Waals surface area contributed by atoms with Crippen LogP contribution in [0.3, 0.4) is 0 Å². The van der Waals surface area contributed by atoms with Crippen molar-refractivity contribution in [1.82, 2.24) is 5.01 Å². The minimum atomic E-state index is -0.466. The van der Waals surface area contributed by atoms with Crippen molar-refractivity contribution in [3.8, 4) is 0 Å². The van der Waals surface area contributed by atoms with E-state index in [0.29, 0.717) is 16.3 Å². The van der Waals surface area contributed by atoms with Gasteiger partial charge in [0.15, 0.2) is 0 Å². The number of carbonyl (C=O) groups is 2. The minimum Gasteiger partial charge on any atom is -0.465 e. The molecule has 1 saturated heterocycles. The van der Waals surface area contributed by atoms with Crippen LogP contribution < -0.4 is 5.43 Å². The summed E-state index contributed by atoms with van der Waals surface area (Å²) >= 11 is 5.89. The zero-order valence-electron chi connectivity index (χ0n) is 10.6. The van der Waals surface area contributed by atoms with Gasteiger partial charge in [-0.15, -0.1) is 0 Å². The Labute approximate surface area is 116 Å². The van der Waals surface area contributed by atoms with Crippen molar-refractivity contribution < 1.29 is 14.3 Å². The van der Waals surface area contributed by atoms with E-state index in [-0.39, 0.29) is 6.04 Å². The van der Waals surface area contributed by atoms with Crippen LogP contribution in [-0.4, -0.2) is 37.0 Å². The Hall–Kier alpha value is -1.59. The Bertz CT molecular complexity index is 493. The molecule has 6 heteroatoms. The molecule has 102 valence electrons. The first-order chi connectivity index (χ1) is 9.15. The monoisotopic (exact) mass is 282 g/mol. The van der Waals surface area contributed by atoms with Crippen LogP contribution >= 0.6 is 11.6 Å². The number of esters is 1. The first kappa shape index (κ1) is 13.8. The summed E-state index contributed by atoms with van der Waals surface area (Å²) in [7, 11) is 1.32. The van der Waals surface area contributed by atoms with Crippen LogP contribution in [0, 0.1) is 0 Å². The number of methoxy groups -OCH3 is 1. The zero-order chi connectivity index (χ0) is 13.8. The number of halogens is 1. The molecule has 1 aromatic rings. The van der Waals surface area contributed by atoms with Crippen molar-refractivity contribution in [2.75, 3.05) is 19.1 Å². The molecule has 2 rings (SSSR count). The van der Waals surface area contributed by atoms with E-state index in [0.717, 1.165) is 25.7 Å². The van der Waals surface area contributed by atoms with E-state index in [4.69, 9.17) is 16.3 Å². The average molecular weight is 283 g/mol. The highest BCUT2D eigenvalue weighted by atomic mass is 35.5. The van der Waals surface area contributed by atoms with Crippen molar-refractivity contribution in [3.05, 3.63) is 28.8 Å². The Morgan fingerprint density at radius 3 is 3.05 bits per heavy atom. The molecule has 1 aliphatic heterocycles. The lowest BCUT2D eigenvalue weighted by Crippen LogP contribution is -2.36. The van der Waals surface area contributed by atoms with Crippen molar-refractivity contribution >= 4 is 29.5 Å². The normalized spacial score (nSPS) is 19.2. The van der Waals surface area contributed by atoms with E-state index in [1.807, 2.05) is 5.01 Å². The number of hydrogen-bond donors (Lipinski definition) is 1. The molecule has 0 saturated carbocycles. The summed E-state index contributed by atoms with van der Waals surface area (Å²) in [5, 5.41) is 2.28. The third-order valence-electron chi connectivity index (χ3n) is 3.11. The van der Waals surface area contributed by atoms with Gasteiger partial charge in [0.2, 0.25) is 0 Å². The van der Waals surface area contributed by atoms with Crippen LogP contribution in [0.5, 0.6) is 0 Å². The first-order valence-electron chi connectivity index (χ1n) is 6.02. The number of aldehydes is 1. The second kappa shape index (κ2) is 6.04. The molecule has 1 fully saturated rings. The zero-order valence-corrected chi connectivity index (χ0v) is 11.3. The predicted molar refractivity (Wildman–Crippen MR) is 72.2 cm³/mol. The van der Waals surface area contributed by atoms with E-state index in [1.54, 1.807) is 18.2 Å². The Morgan fingerprint density at radius 2 is 2.37 bits per heavy atom. The highest BCUT2D eigenvalue weighted by Crippen LogP contribution is 2.24. The van der Waals surface area contributed by atoms with Crippen molar-refractivity contribution in [2.24, 2.45) is 0 Å². The predicted octanol–water partition coefficient (Wildman–Crippen LogP) is 2.12. The second-order valence-corrected chi connectivity index (χ2v) is 4.77. The highest BCUT2D eigenvalue weighted by Gasteiger charge is 2.25. The molecule has 1 aromatic carbocycles. The van der Waals surface area contributed by atoms with Crippen molar-refractivity contribution in [3.63, 3.8) is 0 Å². The number of ether oxygens (including phenoxy) is 1. The minimum absolute atomic E-state index is 0.166. The number of nitrogens with one attached hydrogen (secondary N) is 1. The van der Waals surface area contributed by atoms with Gasteiger partial charge in [-0.2, -0.15) is 0 Å². The molecular formula is C13H15ClN2O3. The summed E-state index contributed by atoms with van der Waals surface area (Å²) in [4.78, 5) is 22.6. The van der Waals surface area contributed by atoms with Gasteiger partial charge in [0, 0.05) is 11.6 Å². The van der Waals surface area contributed by atoms with E-state index in [2.05, 4.69) is 5.43 Å². The summed E-state index contributed by atoms with van der Waals surface area (Å²) in [5.41, 5.74) is 4.04. The largest absolute Gasteiger partial charge is 0.465 e. The maximum absolute atomic E-state index is 11.7. The Morgan fingerprint density at radius 1 is 1.58 bits per heavy atom. The maximum atomic E-state index is 11.7. The van der Waals surface area contributed by atoms with Crippen LogP contribution in [0.2, 0.25) is 5.02 Å². The number of benzene rings is 1. The lowest BCUT2D eigenvalue weighted by Gasteiger charge is -2.23. The molecule has 19 heavy (non-hydrogen) atoms. The molecule has 0 amide bonds. The van der Waals surface area contributed by atoms with Crippen molar-refractivity contribution in [2.45, 2.75) is 18.9 Å². The number of hydrogen-bond acceptors (Lipinski definition) is 5. The van der Waals surface area contributed by atoms with Gasteiger partial charge in [-0.1, -0.05) is 11.6 Å².